The number of benzene rings is 1. The molecule has 0 aliphatic heterocycles. The van der Waals surface area contributed by atoms with Crippen LogP contribution in [0.5, 0.6) is 0 Å². The first-order valence-electron chi connectivity index (χ1n) is 7.76. The molecule has 3 rings (SSSR count). The Morgan fingerprint density at radius 3 is 2.67 bits per heavy atom. The first kappa shape index (κ1) is 16.9. The lowest BCUT2D eigenvalue weighted by Gasteiger charge is -2.24. The van der Waals surface area contributed by atoms with Gasteiger partial charge in [0.2, 0.25) is 11.8 Å². The van der Waals surface area contributed by atoms with E-state index in [1.54, 1.807) is 11.1 Å². The number of hydrogen-bond donors (Lipinski definition) is 1. The Kier molecular flexibility index (Phi) is 5.16. The molecule has 1 aliphatic rings. The van der Waals surface area contributed by atoms with Crippen LogP contribution in [0.15, 0.2) is 36.5 Å². The van der Waals surface area contributed by atoms with Crippen molar-refractivity contribution < 1.29 is 9.59 Å². The van der Waals surface area contributed by atoms with Gasteiger partial charge in [-0.25, -0.2) is 4.98 Å². The molecule has 2 amide bonds. The summed E-state index contributed by atoms with van der Waals surface area (Å²) >= 11 is 7.74. The summed E-state index contributed by atoms with van der Waals surface area (Å²) in [6, 6.07) is 9.30. The summed E-state index contributed by atoms with van der Waals surface area (Å²) in [6.07, 6.45) is 3.52. The molecule has 1 saturated carbocycles. The predicted molar refractivity (Wildman–Crippen MR) is 95.3 cm³/mol. The van der Waals surface area contributed by atoms with E-state index < -0.39 is 5.38 Å². The zero-order valence-electron chi connectivity index (χ0n) is 13.2. The van der Waals surface area contributed by atoms with Crippen LogP contribution in [0.2, 0.25) is 0 Å². The third-order valence-electron chi connectivity index (χ3n) is 3.76. The molecule has 5 nitrogen and oxygen atoms in total. The SMILES string of the molecule is Cc1cnc(NC(=O)CN(C(=O)C(Cl)c2ccccc2)C2CC2)s1. The molecule has 1 N–H and O–H groups in total. The lowest BCUT2D eigenvalue weighted by molar-refractivity contribution is -0.135. The van der Waals surface area contributed by atoms with E-state index in [9.17, 15) is 9.59 Å². The minimum absolute atomic E-state index is 0.00180. The molecule has 7 heteroatoms. The maximum atomic E-state index is 12.7. The fourth-order valence-corrected chi connectivity index (χ4v) is 3.36. The van der Waals surface area contributed by atoms with Crippen molar-refractivity contribution in [2.45, 2.75) is 31.2 Å². The van der Waals surface area contributed by atoms with Gasteiger partial charge in [-0.05, 0) is 25.3 Å². The molecule has 1 unspecified atom stereocenters. The van der Waals surface area contributed by atoms with Gasteiger partial charge in [0.1, 0.15) is 11.9 Å². The zero-order valence-corrected chi connectivity index (χ0v) is 14.8. The number of carbonyl (C=O) groups excluding carboxylic acids is 2. The van der Waals surface area contributed by atoms with E-state index in [4.69, 9.17) is 11.6 Å². The highest BCUT2D eigenvalue weighted by Crippen LogP contribution is 2.31. The van der Waals surface area contributed by atoms with Crippen molar-refractivity contribution in [1.29, 1.82) is 0 Å². The van der Waals surface area contributed by atoms with Gasteiger partial charge in [0.25, 0.3) is 0 Å². The van der Waals surface area contributed by atoms with Gasteiger partial charge in [-0.3, -0.25) is 9.59 Å². The van der Waals surface area contributed by atoms with Gasteiger partial charge in [-0.2, -0.15) is 0 Å². The molecule has 1 atom stereocenters. The average Bonchev–Trinajstić information content (AvgIpc) is 3.35. The molecule has 1 fully saturated rings. The van der Waals surface area contributed by atoms with E-state index in [0.29, 0.717) is 5.13 Å². The minimum atomic E-state index is -0.776. The lowest BCUT2D eigenvalue weighted by atomic mass is 10.1. The maximum Gasteiger partial charge on any atom is 0.245 e. The van der Waals surface area contributed by atoms with Crippen molar-refractivity contribution in [3.8, 4) is 0 Å². The fourth-order valence-electron chi connectivity index (χ4n) is 2.41. The molecule has 24 heavy (non-hydrogen) atoms. The number of alkyl halides is 1. The van der Waals surface area contributed by atoms with Gasteiger partial charge >= 0.3 is 0 Å². The molecular weight excluding hydrogens is 346 g/mol. The van der Waals surface area contributed by atoms with Crippen LogP contribution in [-0.2, 0) is 9.59 Å². The summed E-state index contributed by atoms with van der Waals surface area (Å²) in [5.41, 5.74) is 0.741. The molecule has 0 spiro atoms. The number of rotatable bonds is 6. The number of anilines is 1. The number of carbonyl (C=O) groups is 2. The maximum absolute atomic E-state index is 12.7. The molecular formula is C17H18ClN3O2S. The van der Waals surface area contributed by atoms with Gasteiger partial charge in [-0.15, -0.1) is 22.9 Å². The number of nitrogens with zero attached hydrogens (tertiary/aromatic N) is 2. The largest absolute Gasteiger partial charge is 0.329 e. The summed E-state index contributed by atoms with van der Waals surface area (Å²) < 4.78 is 0. The number of thiazole rings is 1. The summed E-state index contributed by atoms with van der Waals surface area (Å²) in [5, 5.41) is 2.51. The fraction of sp³-hybridized carbons (Fsp3) is 0.353. The van der Waals surface area contributed by atoms with Gasteiger partial charge < -0.3 is 10.2 Å². The third kappa shape index (κ3) is 4.13. The smallest absolute Gasteiger partial charge is 0.245 e. The Hall–Kier alpha value is -1.92. The summed E-state index contributed by atoms with van der Waals surface area (Å²) in [6.45, 7) is 1.92. The van der Waals surface area contributed by atoms with Crippen LogP contribution in [0.1, 0.15) is 28.7 Å². The first-order chi connectivity index (χ1) is 11.5. The summed E-state index contributed by atoms with van der Waals surface area (Å²) in [7, 11) is 0. The first-order valence-corrected chi connectivity index (χ1v) is 9.01. The van der Waals surface area contributed by atoms with E-state index in [2.05, 4.69) is 10.3 Å². The highest BCUT2D eigenvalue weighted by Gasteiger charge is 2.36. The van der Waals surface area contributed by atoms with Crippen LogP contribution in [0.3, 0.4) is 0 Å². The van der Waals surface area contributed by atoms with E-state index in [1.165, 1.54) is 11.3 Å². The topological polar surface area (TPSA) is 62.3 Å². The van der Waals surface area contributed by atoms with E-state index in [0.717, 1.165) is 23.3 Å². The molecule has 126 valence electrons. The standard InChI is InChI=1S/C17H18ClN3O2S/c1-11-9-19-17(24-11)20-14(22)10-21(13-7-8-13)16(23)15(18)12-5-3-2-4-6-12/h2-6,9,13,15H,7-8,10H2,1H3,(H,19,20,22). The highest BCUT2D eigenvalue weighted by atomic mass is 35.5. The average molecular weight is 364 g/mol. The van der Waals surface area contributed by atoms with Crippen molar-refractivity contribution in [3.63, 3.8) is 0 Å². The van der Waals surface area contributed by atoms with Gasteiger partial charge in [0.05, 0.1) is 0 Å². The second-order valence-corrected chi connectivity index (χ2v) is 7.47. The minimum Gasteiger partial charge on any atom is -0.329 e. The zero-order chi connectivity index (χ0) is 17.1. The Balaban J connectivity index is 1.66. The van der Waals surface area contributed by atoms with Crippen molar-refractivity contribution in [2.24, 2.45) is 0 Å². The van der Waals surface area contributed by atoms with Crippen LogP contribution in [0, 0.1) is 6.92 Å². The van der Waals surface area contributed by atoms with Crippen molar-refractivity contribution >= 4 is 39.9 Å². The van der Waals surface area contributed by atoms with E-state index in [1.807, 2.05) is 37.3 Å². The molecule has 0 bridgehead atoms. The van der Waals surface area contributed by atoms with Crippen LogP contribution >= 0.6 is 22.9 Å². The predicted octanol–water partition coefficient (Wildman–Crippen LogP) is 3.36. The lowest BCUT2D eigenvalue weighted by Crippen LogP contribution is -2.41. The van der Waals surface area contributed by atoms with Gasteiger partial charge in [0, 0.05) is 17.1 Å². The molecule has 1 aromatic carbocycles. The molecule has 1 aromatic heterocycles. The van der Waals surface area contributed by atoms with E-state index >= 15 is 0 Å². The summed E-state index contributed by atoms with van der Waals surface area (Å²) in [4.78, 5) is 31.7. The molecule has 1 aliphatic carbocycles. The van der Waals surface area contributed by atoms with Crippen molar-refractivity contribution in [2.75, 3.05) is 11.9 Å². The third-order valence-corrected chi connectivity index (χ3v) is 5.03. The van der Waals surface area contributed by atoms with Crippen molar-refractivity contribution in [1.82, 2.24) is 9.88 Å². The summed E-state index contributed by atoms with van der Waals surface area (Å²) in [5.74, 6) is -0.475. The van der Waals surface area contributed by atoms with Gasteiger partial charge in [0.15, 0.2) is 5.13 Å². The molecule has 2 aromatic rings. The quantitative estimate of drug-likeness (QED) is 0.800. The van der Waals surface area contributed by atoms with Crippen LogP contribution in [0.4, 0.5) is 5.13 Å². The number of aryl methyl sites for hydroxylation is 1. The number of hydrogen-bond acceptors (Lipinski definition) is 4. The van der Waals surface area contributed by atoms with Crippen LogP contribution in [0.25, 0.3) is 0 Å². The molecule has 0 radical (unpaired) electrons. The van der Waals surface area contributed by atoms with Gasteiger partial charge in [-0.1, -0.05) is 30.3 Å². The highest BCUT2D eigenvalue weighted by molar-refractivity contribution is 7.15. The Morgan fingerprint density at radius 2 is 2.08 bits per heavy atom. The van der Waals surface area contributed by atoms with Crippen molar-refractivity contribution in [3.05, 3.63) is 47.0 Å². The van der Waals surface area contributed by atoms with E-state index in [-0.39, 0.29) is 24.4 Å². The second-order valence-electron chi connectivity index (χ2n) is 5.79. The number of aromatic nitrogens is 1. The van der Waals surface area contributed by atoms with Crippen LogP contribution < -0.4 is 5.32 Å². The second kappa shape index (κ2) is 7.32. The molecule has 0 saturated heterocycles. The Labute approximate surface area is 149 Å². The molecule has 1 heterocycles. The number of amides is 2. The Bertz CT molecular complexity index is 730. The number of halogens is 1. The monoisotopic (exact) mass is 363 g/mol. The normalized spacial score (nSPS) is 14.9. The van der Waals surface area contributed by atoms with Crippen LogP contribution in [-0.4, -0.2) is 34.3 Å². The number of nitrogens with one attached hydrogen (secondary N) is 1. The Morgan fingerprint density at radius 1 is 1.38 bits per heavy atom.